The standard InChI is InChI=1S/C28H28N2O5/c1-30-14-13-20-16-25(33-2)26(34-3)17-21(20)15-24(30)28(32)19-9-11-22(12-10-19)29-27(31)18-35-23-7-5-4-6-8-23/h4-12,15-17H,13-14,18H2,1-3H3,(H,29,31). The fraction of sp³-hybridized carbons (Fsp3) is 0.214. The molecule has 1 amide bonds. The lowest BCUT2D eigenvalue weighted by Gasteiger charge is -2.20. The molecule has 0 saturated heterocycles. The third-order valence-corrected chi connectivity index (χ3v) is 5.84. The highest BCUT2D eigenvalue weighted by Crippen LogP contribution is 2.34. The number of anilines is 1. The molecule has 1 N–H and O–H groups in total. The number of methoxy groups -OCH3 is 2. The molecule has 3 aromatic carbocycles. The van der Waals surface area contributed by atoms with Crippen LogP contribution in [0, 0.1) is 0 Å². The molecule has 35 heavy (non-hydrogen) atoms. The number of carbonyl (C=O) groups excluding carboxylic acids is 2. The molecule has 7 nitrogen and oxygen atoms in total. The molecule has 0 atom stereocenters. The van der Waals surface area contributed by atoms with Crippen LogP contribution in [0.15, 0.2) is 72.4 Å². The average Bonchev–Trinajstić information content (AvgIpc) is 3.05. The number of likely N-dealkylation sites (N-methyl/N-ethyl adjacent to an activating group) is 1. The van der Waals surface area contributed by atoms with Gasteiger partial charge in [-0.1, -0.05) is 18.2 Å². The fourth-order valence-corrected chi connectivity index (χ4v) is 3.91. The molecule has 0 radical (unpaired) electrons. The van der Waals surface area contributed by atoms with Crippen LogP contribution in [-0.4, -0.2) is 51.0 Å². The summed E-state index contributed by atoms with van der Waals surface area (Å²) < 4.78 is 16.3. The number of amides is 1. The molecule has 1 aliphatic rings. The van der Waals surface area contributed by atoms with E-state index in [4.69, 9.17) is 14.2 Å². The Morgan fingerprint density at radius 2 is 1.63 bits per heavy atom. The van der Waals surface area contributed by atoms with Crippen molar-refractivity contribution in [2.75, 3.05) is 39.7 Å². The lowest BCUT2D eigenvalue weighted by molar-refractivity contribution is -0.118. The van der Waals surface area contributed by atoms with Crippen molar-refractivity contribution in [3.8, 4) is 17.2 Å². The number of para-hydroxylation sites is 1. The Morgan fingerprint density at radius 1 is 0.943 bits per heavy atom. The zero-order valence-corrected chi connectivity index (χ0v) is 20.0. The summed E-state index contributed by atoms with van der Waals surface area (Å²) in [6.07, 6.45) is 2.67. The largest absolute Gasteiger partial charge is 0.493 e. The van der Waals surface area contributed by atoms with E-state index in [-0.39, 0.29) is 18.3 Å². The summed E-state index contributed by atoms with van der Waals surface area (Å²) in [5.74, 6) is 1.54. The van der Waals surface area contributed by atoms with E-state index in [2.05, 4.69) is 5.32 Å². The first-order chi connectivity index (χ1) is 17.0. The second-order valence-electron chi connectivity index (χ2n) is 8.16. The molecular weight excluding hydrogens is 444 g/mol. The number of carbonyl (C=O) groups is 2. The van der Waals surface area contributed by atoms with Gasteiger partial charge < -0.3 is 24.4 Å². The van der Waals surface area contributed by atoms with Crippen molar-refractivity contribution in [1.82, 2.24) is 4.90 Å². The van der Waals surface area contributed by atoms with Crippen LogP contribution in [0.3, 0.4) is 0 Å². The monoisotopic (exact) mass is 472 g/mol. The van der Waals surface area contributed by atoms with Crippen molar-refractivity contribution >= 4 is 23.5 Å². The molecule has 0 fully saturated rings. The van der Waals surface area contributed by atoms with E-state index in [1.807, 2.05) is 48.4 Å². The molecule has 4 rings (SSSR count). The van der Waals surface area contributed by atoms with Crippen molar-refractivity contribution in [2.24, 2.45) is 0 Å². The summed E-state index contributed by atoms with van der Waals surface area (Å²) in [4.78, 5) is 27.5. The van der Waals surface area contributed by atoms with E-state index in [0.29, 0.717) is 40.7 Å². The first-order valence-corrected chi connectivity index (χ1v) is 11.3. The molecular formula is C28H28N2O5. The summed E-state index contributed by atoms with van der Waals surface area (Å²) in [6.45, 7) is 0.589. The predicted molar refractivity (Wildman–Crippen MR) is 135 cm³/mol. The van der Waals surface area contributed by atoms with Crippen LogP contribution in [0.25, 0.3) is 6.08 Å². The molecule has 0 aromatic heterocycles. The van der Waals surface area contributed by atoms with E-state index in [9.17, 15) is 9.59 Å². The summed E-state index contributed by atoms with van der Waals surface area (Å²) in [6, 6.07) is 19.9. The molecule has 0 aliphatic carbocycles. The van der Waals surface area contributed by atoms with Gasteiger partial charge in [0.25, 0.3) is 5.91 Å². The molecule has 0 unspecified atom stereocenters. The minimum Gasteiger partial charge on any atom is -0.493 e. The Kier molecular flexibility index (Phi) is 7.35. The summed E-state index contributed by atoms with van der Waals surface area (Å²) in [7, 11) is 5.11. The number of nitrogens with zero attached hydrogens (tertiary/aromatic N) is 1. The maximum atomic E-state index is 13.4. The second kappa shape index (κ2) is 10.8. The number of ketones is 1. The zero-order valence-electron chi connectivity index (χ0n) is 20.0. The zero-order chi connectivity index (χ0) is 24.8. The van der Waals surface area contributed by atoms with E-state index in [1.165, 1.54) is 0 Å². The molecule has 1 aliphatic heterocycles. The highest BCUT2D eigenvalue weighted by Gasteiger charge is 2.22. The van der Waals surface area contributed by atoms with Crippen molar-refractivity contribution in [3.05, 3.63) is 89.1 Å². The molecule has 0 spiro atoms. The summed E-state index contributed by atoms with van der Waals surface area (Å²) in [5.41, 5.74) is 3.73. The van der Waals surface area contributed by atoms with Gasteiger partial charge in [-0.05, 0) is 72.2 Å². The Balaban J connectivity index is 1.47. The Morgan fingerprint density at radius 3 is 2.31 bits per heavy atom. The number of nitrogens with one attached hydrogen (secondary N) is 1. The lowest BCUT2D eigenvalue weighted by atomic mass is 10.0. The molecule has 180 valence electrons. The Labute approximate surface area is 204 Å². The number of fused-ring (bicyclic) bond motifs is 1. The van der Waals surface area contributed by atoms with Crippen LogP contribution in [0.4, 0.5) is 5.69 Å². The van der Waals surface area contributed by atoms with Crippen molar-refractivity contribution in [1.29, 1.82) is 0 Å². The number of ether oxygens (including phenoxy) is 3. The lowest BCUT2D eigenvalue weighted by Crippen LogP contribution is -2.24. The van der Waals surface area contributed by atoms with E-state index < -0.39 is 0 Å². The highest BCUT2D eigenvalue weighted by atomic mass is 16.5. The third-order valence-electron chi connectivity index (χ3n) is 5.84. The topological polar surface area (TPSA) is 77.1 Å². The van der Waals surface area contributed by atoms with Gasteiger partial charge in [-0.25, -0.2) is 0 Å². The van der Waals surface area contributed by atoms with Crippen molar-refractivity contribution in [3.63, 3.8) is 0 Å². The predicted octanol–water partition coefficient (Wildman–Crippen LogP) is 4.43. The fourth-order valence-electron chi connectivity index (χ4n) is 3.91. The van der Waals surface area contributed by atoms with Crippen molar-refractivity contribution in [2.45, 2.75) is 6.42 Å². The SMILES string of the molecule is COc1cc2c(cc1OC)CCN(C)C(C(=O)c1ccc(NC(=O)COc3ccccc3)cc1)=C2. The smallest absolute Gasteiger partial charge is 0.262 e. The minimum atomic E-state index is -0.278. The van der Waals surface area contributed by atoms with Gasteiger partial charge in [0.1, 0.15) is 5.75 Å². The van der Waals surface area contributed by atoms with Crippen LogP contribution < -0.4 is 19.5 Å². The first kappa shape index (κ1) is 23.9. The quantitative estimate of drug-likeness (QED) is 0.489. The maximum Gasteiger partial charge on any atom is 0.262 e. The number of hydrogen-bond acceptors (Lipinski definition) is 6. The number of Topliss-reactive ketones (excluding diaryl/α,β-unsaturated/α-hetero) is 1. The summed E-state index contributed by atoms with van der Waals surface area (Å²) >= 11 is 0. The minimum absolute atomic E-state index is 0.0968. The van der Waals surface area contributed by atoms with E-state index >= 15 is 0 Å². The van der Waals surface area contributed by atoms with E-state index in [1.54, 1.807) is 50.6 Å². The van der Waals surface area contributed by atoms with Gasteiger partial charge in [0.15, 0.2) is 18.1 Å². The normalized spacial score (nSPS) is 12.7. The molecule has 0 bridgehead atoms. The number of hydrogen-bond donors (Lipinski definition) is 1. The molecule has 1 heterocycles. The van der Waals surface area contributed by atoms with Gasteiger partial charge in [-0.15, -0.1) is 0 Å². The van der Waals surface area contributed by atoms with Gasteiger partial charge >= 0.3 is 0 Å². The maximum absolute atomic E-state index is 13.4. The first-order valence-electron chi connectivity index (χ1n) is 11.3. The second-order valence-corrected chi connectivity index (χ2v) is 8.16. The van der Waals surface area contributed by atoms with Crippen LogP contribution >= 0.6 is 0 Å². The van der Waals surface area contributed by atoms with E-state index in [0.717, 1.165) is 17.5 Å². The molecule has 3 aromatic rings. The van der Waals surface area contributed by atoms with Gasteiger partial charge in [0.2, 0.25) is 5.78 Å². The average molecular weight is 473 g/mol. The highest BCUT2D eigenvalue weighted by molar-refractivity contribution is 6.11. The third kappa shape index (κ3) is 5.63. The van der Waals surface area contributed by atoms with Crippen LogP contribution in [0.5, 0.6) is 17.2 Å². The van der Waals surface area contributed by atoms with Crippen molar-refractivity contribution < 1.29 is 23.8 Å². The van der Waals surface area contributed by atoms with Gasteiger partial charge in [-0.3, -0.25) is 9.59 Å². The van der Waals surface area contributed by atoms with Gasteiger partial charge in [0, 0.05) is 24.8 Å². The summed E-state index contributed by atoms with van der Waals surface area (Å²) in [5, 5.41) is 2.79. The molecule has 0 saturated carbocycles. The number of benzene rings is 3. The number of allylic oxidation sites excluding steroid dienone is 1. The van der Waals surface area contributed by atoms with Crippen LogP contribution in [-0.2, 0) is 11.2 Å². The van der Waals surface area contributed by atoms with Crippen LogP contribution in [0.2, 0.25) is 0 Å². The van der Waals surface area contributed by atoms with Gasteiger partial charge in [-0.2, -0.15) is 0 Å². The Bertz CT molecular complexity index is 1240. The molecule has 7 heteroatoms. The van der Waals surface area contributed by atoms with Gasteiger partial charge in [0.05, 0.1) is 19.9 Å². The number of rotatable bonds is 8. The Hall–Kier alpha value is -4.26. The van der Waals surface area contributed by atoms with Crippen LogP contribution in [0.1, 0.15) is 21.5 Å².